The Balaban J connectivity index is 1.93. The van der Waals surface area contributed by atoms with Crippen molar-refractivity contribution in [2.75, 3.05) is 5.32 Å². The maximum atomic E-state index is 13.1. The van der Waals surface area contributed by atoms with Crippen molar-refractivity contribution in [1.82, 2.24) is 10.3 Å². The van der Waals surface area contributed by atoms with E-state index in [-0.39, 0.29) is 18.0 Å². The Kier molecular flexibility index (Phi) is 6.09. The fourth-order valence-electron chi connectivity index (χ4n) is 2.85. The number of rotatable bonds is 6. The lowest BCUT2D eigenvalue weighted by Gasteiger charge is -2.21. The molecule has 0 radical (unpaired) electrons. The van der Waals surface area contributed by atoms with Crippen LogP contribution in [0.2, 0.25) is 5.02 Å². The quantitative estimate of drug-likeness (QED) is 0.628. The summed E-state index contributed by atoms with van der Waals surface area (Å²) in [5.74, 6) is 0.392. The zero-order valence-electron chi connectivity index (χ0n) is 15.3. The van der Waals surface area contributed by atoms with Crippen molar-refractivity contribution in [2.45, 2.75) is 25.9 Å². The molecule has 1 amide bonds. The highest BCUT2D eigenvalue weighted by Gasteiger charge is 2.20. The summed E-state index contributed by atoms with van der Waals surface area (Å²) in [4.78, 5) is 17.4. The number of anilines is 1. The van der Waals surface area contributed by atoms with Crippen molar-refractivity contribution in [1.29, 1.82) is 0 Å². The number of aromatic nitrogens is 1. The average Bonchev–Trinajstić information content (AvgIpc) is 2.67. The standard InChI is InChI=1S/C22H22ClN3O/c1-15(2)25-21-19(9-6-14-24-21)22(27)26-20(16-7-4-3-5-8-16)17-10-12-18(23)13-11-17/h3-15,20H,1-2H3,(H,24,25)(H,26,27). The molecule has 0 aliphatic rings. The molecular formula is C22H22ClN3O. The molecule has 3 rings (SSSR count). The van der Waals surface area contributed by atoms with Gasteiger partial charge in [-0.05, 0) is 49.2 Å². The van der Waals surface area contributed by atoms with E-state index in [4.69, 9.17) is 11.6 Å². The van der Waals surface area contributed by atoms with Gasteiger partial charge in [-0.25, -0.2) is 4.98 Å². The third-order valence-corrected chi connectivity index (χ3v) is 4.34. The van der Waals surface area contributed by atoms with E-state index in [0.29, 0.717) is 16.4 Å². The fourth-order valence-corrected chi connectivity index (χ4v) is 2.97. The van der Waals surface area contributed by atoms with Gasteiger partial charge in [-0.1, -0.05) is 54.1 Å². The Bertz CT molecular complexity index is 895. The molecule has 3 aromatic rings. The van der Waals surface area contributed by atoms with Gasteiger partial charge in [0.25, 0.3) is 5.91 Å². The van der Waals surface area contributed by atoms with Crippen molar-refractivity contribution in [3.63, 3.8) is 0 Å². The van der Waals surface area contributed by atoms with Crippen LogP contribution in [0.4, 0.5) is 5.82 Å². The number of nitrogens with one attached hydrogen (secondary N) is 2. The van der Waals surface area contributed by atoms with Crippen molar-refractivity contribution < 1.29 is 4.79 Å². The summed E-state index contributed by atoms with van der Waals surface area (Å²) in [6, 6.07) is 20.8. The lowest BCUT2D eigenvalue weighted by molar-refractivity contribution is 0.0943. The molecule has 0 spiro atoms. The summed E-state index contributed by atoms with van der Waals surface area (Å²) in [6.45, 7) is 4.02. The number of carbonyl (C=O) groups excluding carboxylic acids is 1. The smallest absolute Gasteiger partial charge is 0.255 e. The third kappa shape index (κ3) is 4.86. The van der Waals surface area contributed by atoms with Crippen LogP contribution < -0.4 is 10.6 Å². The fraction of sp³-hybridized carbons (Fsp3) is 0.182. The Hall–Kier alpha value is -2.85. The molecule has 0 saturated carbocycles. The number of halogens is 1. The van der Waals surface area contributed by atoms with Crippen LogP contribution in [0.5, 0.6) is 0 Å². The largest absolute Gasteiger partial charge is 0.367 e. The lowest BCUT2D eigenvalue weighted by Crippen LogP contribution is -2.30. The minimum Gasteiger partial charge on any atom is -0.367 e. The van der Waals surface area contributed by atoms with Crippen LogP contribution >= 0.6 is 11.6 Å². The molecule has 5 heteroatoms. The molecule has 0 aliphatic carbocycles. The molecule has 138 valence electrons. The third-order valence-electron chi connectivity index (χ3n) is 4.09. The summed E-state index contributed by atoms with van der Waals surface area (Å²) in [5, 5.41) is 7.02. The van der Waals surface area contributed by atoms with Gasteiger partial charge in [0.15, 0.2) is 0 Å². The van der Waals surface area contributed by atoms with Crippen molar-refractivity contribution in [3.05, 3.63) is 94.6 Å². The summed E-state index contributed by atoms with van der Waals surface area (Å²) >= 11 is 6.03. The predicted molar refractivity (Wildman–Crippen MR) is 110 cm³/mol. The van der Waals surface area contributed by atoms with E-state index in [1.807, 2.05) is 68.4 Å². The van der Waals surface area contributed by atoms with Gasteiger partial charge >= 0.3 is 0 Å². The van der Waals surface area contributed by atoms with E-state index in [9.17, 15) is 4.79 Å². The second-order valence-corrected chi connectivity index (χ2v) is 7.00. The molecule has 0 aliphatic heterocycles. The van der Waals surface area contributed by atoms with E-state index in [1.54, 1.807) is 18.3 Å². The summed E-state index contributed by atoms with van der Waals surface area (Å²) in [6.07, 6.45) is 1.68. The minimum absolute atomic E-state index is 0.174. The molecular weight excluding hydrogens is 358 g/mol. The monoisotopic (exact) mass is 379 g/mol. The normalized spacial score (nSPS) is 11.9. The summed E-state index contributed by atoms with van der Waals surface area (Å²) in [5.41, 5.74) is 2.47. The highest BCUT2D eigenvalue weighted by molar-refractivity contribution is 6.30. The highest BCUT2D eigenvalue weighted by Crippen LogP contribution is 2.25. The number of carbonyl (C=O) groups is 1. The molecule has 1 heterocycles. The van der Waals surface area contributed by atoms with Crippen molar-refractivity contribution in [3.8, 4) is 0 Å². The second kappa shape index (κ2) is 8.69. The van der Waals surface area contributed by atoms with Crippen molar-refractivity contribution >= 4 is 23.3 Å². The molecule has 1 aromatic heterocycles. The minimum atomic E-state index is -0.289. The zero-order chi connectivity index (χ0) is 19.2. The van der Waals surface area contributed by atoms with E-state index in [2.05, 4.69) is 15.6 Å². The number of benzene rings is 2. The van der Waals surface area contributed by atoms with Crippen LogP contribution in [0, 0.1) is 0 Å². The molecule has 1 atom stereocenters. The summed E-state index contributed by atoms with van der Waals surface area (Å²) < 4.78 is 0. The first-order valence-electron chi connectivity index (χ1n) is 8.87. The van der Waals surface area contributed by atoms with Gasteiger partial charge < -0.3 is 10.6 Å². The number of nitrogens with zero attached hydrogens (tertiary/aromatic N) is 1. The van der Waals surface area contributed by atoms with Gasteiger partial charge in [0.2, 0.25) is 0 Å². The molecule has 2 aromatic carbocycles. The number of hydrogen-bond donors (Lipinski definition) is 2. The van der Waals surface area contributed by atoms with Gasteiger partial charge in [-0.2, -0.15) is 0 Å². The average molecular weight is 380 g/mol. The Morgan fingerprint density at radius 3 is 2.26 bits per heavy atom. The highest BCUT2D eigenvalue weighted by atomic mass is 35.5. The topological polar surface area (TPSA) is 54.0 Å². The maximum absolute atomic E-state index is 13.1. The van der Waals surface area contributed by atoms with Crippen molar-refractivity contribution in [2.24, 2.45) is 0 Å². The number of amides is 1. The SMILES string of the molecule is CC(C)Nc1ncccc1C(=O)NC(c1ccccc1)c1ccc(Cl)cc1. The first kappa shape index (κ1) is 18.9. The van der Waals surface area contributed by atoms with Crippen LogP contribution in [0.15, 0.2) is 72.9 Å². The van der Waals surface area contributed by atoms with Gasteiger partial charge in [0.1, 0.15) is 5.82 Å². The van der Waals surface area contributed by atoms with E-state index >= 15 is 0 Å². The number of pyridine rings is 1. The first-order valence-corrected chi connectivity index (χ1v) is 9.25. The molecule has 1 unspecified atom stereocenters. The Morgan fingerprint density at radius 2 is 1.59 bits per heavy atom. The maximum Gasteiger partial charge on any atom is 0.255 e. The second-order valence-electron chi connectivity index (χ2n) is 6.57. The van der Waals surface area contributed by atoms with E-state index in [0.717, 1.165) is 11.1 Å². The Labute approximate surface area is 164 Å². The van der Waals surface area contributed by atoms with Crippen LogP contribution in [0.3, 0.4) is 0 Å². The van der Waals surface area contributed by atoms with Gasteiger partial charge in [0, 0.05) is 17.3 Å². The van der Waals surface area contributed by atoms with Gasteiger partial charge in [-0.3, -0.25) is 4.79 Å². The number of hydrogen-bond acceptors (Lipinski definition) is 3. The molecule has 0 saturated heterocycles. The molecule has 27 heavy (non-hydrogen) atoms. The zero-order valence-corrected chi connectivity index (χ0v) is 16.1. The van der Waals surface area contributed by atoms with E-state index < -0.39 is 0 Å². The Morgan fingerprint density at radius 1 is 0.926 bits per heavy atom. The van der Waals surface area contributed by atoms with Gasteiger partial charge in [0.05, 0.1) is 11.6 Å². The molecule has 2 N–H and O–H groups in total. The van der Waals surface area contributed by atoms with Crippen LogP contribution in [-0.4, -0.2) is 16.9 Å². The van der Waals surface area contributed by atoms with Crippen LogP contribution in [-0.2, 0) is 0 Å². The predicted octanol–water partition coefficient (Wildman–Crippen LogP) is 5.07. The first-order chi connectivity index (χ1) is 13.0. The molecule has 0 fully saturated rings. The molecule has 4 nitrogen and oxygen atoms in total. The summed E-state index contributed by atoms with van der Waals surface area (Å²) in [7, 11) is 0. The lowest BCUT2D eigenvalue weighted by atomic mass is 9.98. The molecule has 0 bridgehead atoms. The van der Waals surface area contributed by atoms with E-state index in [1.165, 1.54) is 0 Å². The van der Waals surface area contributed by atoms with Gasteiger partial charge in [-0.15, -0.1) is 0 Å². The van der Waals surface area contributed by atoms with Crippen LogP contribution in [0.1, 0.15) is 41.4 Å². The van der Waals surface area contributed by atoms with Crippen LogP contribution in [0.25, 0.3) is 0 Å².